The number of carbonyl (C=O) groups excluding carboxylic acids is 2. The van der Waals surface area contributed by atoms with Gasteiger partial charge in [-0.1, -0.05) is 36.4 Å². The Bertz CT molecular complexity index is 1340. The first-order valence-electron chi connectivity index (χ1n) is 9.83. The number of amides is 1. The molecule has 0 fully saturated rings. The summed E-state index contributed by atoms with van der Waals surface area (Å²) in [6, 6.07) is 16.7. The van der Waals surface area contributed by atoms with E-state index in [1.54, 1.807) is 25.1 Å². The maximum atomic E-state index is 12.8. The molecular formula is C24H19NO6. The number of fused-ring (bicyclic) bond motifs is 4. The summed E-state index contributed by atoms with van der Waals surface area (Å²) in [7, 11) is 0. The monoisotopic (exact) mass is 417 g/mol. The summed E-state index contributed by atoms with van der Waals surface area (Å²) < 4.78 is 21.8. The summed E-state index contributed by atoms with van der Waals surface area (Å²) in [6.07, 6.45) is -1.03. The van der Waals surface area contributed by atoms with Crippen molar-refractivity contribution in [2.75, 3.05) is 12.1 Å². The van der Waals surface area contributed by atoms with Crippen LogP contribution in [0.5, 0.6) is 11.5 Å². The Kier molecular flexibility index (Phi) is 4.51. The first-order chi connectivity index (χ1) is 15.0. The Morgan fingerprint density at radius 3 is 2.68 bits per heavy atom. The zero-order valence-corrected chi connectivity index (χ0v) is 16.9. The standard InChI is InChI=1S/C24H19NO6/c1-13-17-9-7-15-5-3-4-6-18(15)22(17)31-21(13)24(27)30-14(2)23(26)25-16-8-10-19-20(11-16)29-12-28-19/h3-11,14H,12H2,1-2H3,(H,25,26)/t14-/m0/s1. The molecule has 0 aliphatic carbocycles. The molecule has 1 amide bonds. The molecule has 2 heterocycles. The van der Waals surface area contributed by atoms with Crippen molar-refractivity contribution in [1.82, 2.24) is 0 Å². The average Bonchev–Trinajstić information content (AvgIpc) is 3.37. The molecule has 1 N–H and O–H groups in total. The summed E-state index contributed by atoms with van der Waals surface area (Å²) >= 11 is 0. The molecule has 5 rings (SSSR count). The number of hydrogen-bond donors (Lipinski definition) is 1. The zero-order valence-electron chi connectivity index (χ0n) is 16.9. The number of benzene rings is 3. The second-order valence-electron chi connectivity index (χ2n) is 7.32. The first kappa shape index (κ1) is 19.0. The van der Waals surface area contributed by atoms with E-state index >= 15 is 0 Å². The van der Waals surface area contributed by atoms with Crippen molar-refractivity contribution >= 4 is 39.3 Å². The third kappa shape index (κ3) is 3.34. The molecule has 0 radical (unpaired) electrons. The highest BCUT2D eigenvalue weighted by Gasteiger charge is 2.25. The Morgan fingerprint density at radius 2 is 1.81 bits per heavy atom. The lowest BCUT2D eigenvalue weighted by atomic mass is 10.1. The van der Waals surface area contributed by atoms with E-state index in [-0.39, 0.29) is 12.6 Å². The highest BCUT2D eigenvalue weighted by Crippen LogP contribution is 2.34. The molecule has 0 bridgehead atoms. The molecule has 3 aromatic carbocycles. The minimum atomic E-state index is -1.03. The SMILES string of the molecule is Cc1c(C(=O)O[C@@H](C)C(=O)Nc2ccc3c(c2)OCO3)oc2c1ccc1ccccc12. The van der Waals surface area contributed by atoms with Crippen molar-refractivity contribution in [2.24, 2.45) is 0 Å². The number of esters is 1. The molecule has 156 valence electrons. The van der Waals surface area contributed by atoms with E-state index < -0.39 is 18.0 Å². The molecule has 0 unspecified atom stereocenters. The van der Waals surface area contributed by atoms with Crippen LogP contribution >= 0.6 is 0 Å². The summed E-state index contributed by atoms with van der Waals surface area (Å²) in [4.78, 5) is 25.3. The lowest BCUT2D eigenvalue weighted by molar-refractivity contribution is -0.123. The Hall–Kier alpha value is -4.00. The molecular weight excluding hydrogens is 398 g/mol. The number of furan rings is 1. The van der Waals surface area contributed by atoms with Gasteiger partial charge in [0.05, 0.1) is 0 Å². The molecule has 1 aromatic heterocycles. The Morgan fingerprint density at radius 1 is 1.00 bits per heavy atom. The molecule has 1 aliphatic rings. The van der Waals surface area contributed by atoms with Crippen molar-refractivity contribution in [1.29, 1.82) is 0 Å². The fourth-order valence-corrected chi connectivity index (χ4v) is 3.63. The van der Waals surface area contributed by atoms with Gasteiger partial charge in [-0.05, 0) is 31.4 Å². The molecule has 7 nitrogen and oxygen atoms in total. The van der Waals surface area contributed by atoms with Crippen LogP contribution in [-0.2, 0) is 9.53 Å². The summed E-state index contributed by atoms with van der Waals surface area (Å²) in [5.74, 6) is 0.101. The molecule has 1 aliphatic heterocycles. The number of aryl methyl sites for hydroxylation is 1. The van der Waals surface area contributed by atoms with Gasteiger partial charge in [0.2, 0.25) is 12.6 Å². The molecule has 1 atom stereocenters. The molecule has 0 saturated heterocycles. The molecule has 31 heavy (non-hydrogen) atoms. The van der Waals surface area contributed by atoms with Gasteiger partial charge >= 0.3 is 5.97 Å². The van der Waals surface area contributed by atoms with Gasteiger partial charge in [-0.15, -0.1) is 0 Å². The number of nitrogens with one attached hydrogen (secondary N) is 1. The summed E-state index contributed by atoms with van der Waals surface area (Å²) in [5.41, 5.74) is 1.82. The van der Waals surface area contributed by atoms with E-state index in [9.17, 15) is 9.59 Å². The zero-order chi connectivity index (χ0) is 21.5. The van der Waals surface area contributed by atoms with Crippen LogP contribution in [0.15, 0.2) is 59.0 Å². The maximum absolute atomic E-state index is 12.8. The van der Waals surface area contributed by atoms with E-state index in [1.807, 2.05) is 36.4 Å². The van der Waals surface area contributed by atoms with Crippen LogP contribution in [0, 0.1) is 6.92 Å². The number of hydrogen-bond acceptors (Lipinski definition) is 6. The Labute approximate surface area is 177 Å². The van der Waals surface area contributed by atoms with Gasteiger partial charge in [-0.2, -0.15) is 0 Å². The average molecular weight is 417 g/mol. The maximum Gasteiger partial charge on any atom is 0.375 e. The molecule has 0 saturated carbocycles. The number of ether oxygens (including phenoxy) is 3. The lowest BCUT2D eigenvalue weighted by Crippen LogP contribution is -2.30. The van der Waals surface area contributed by atoms with Crippen molar-refractivity contribution in [3.63, 3.8) is 0 Å². The highest BCUT2D eigenvalue weighted by molar-refractivity contribution is 6.08. The van der Waals surface area contributed by atoms with Crippen molar-refractivity contribution < 1.29 is 28.2 Å². The quantitative estimate of drug-likeness (QED) is 0.480. The van der Waals surface area contributed by atoms with Crippen LogP contribution in [-0.4, -0.2) is 24.8 Å². The largest absolute Gasteiger partial charge is 0.454 e. The van der Waals surface area contributed by atoms with Gasteiger partial charge in [0.15, 0.2) is 17.6 Å². The van der Waals surface area contributed by atoms with Gasteiger partial charge in [-0.25, -0.2) is 4.79 Å². The number of anilines is 1. The van der Waals surface area contributed by atoms with Gasteiger partial charge in [0.25, 0.3) is 5.91 Å². The van der Waals surface area contributed by atoms with E-state index in [2.05, 4.69) is 5.32 Å². The number of carbonyl (C=O) groups is 2. The lowest BCUT2D eigenvalue weighted by Gasteiger charge is -2.13. The minimum absolute atomic E-state index is 0.0917. The van der Waals surface area contributed by atoms with E-state index in [4.69, 9.17) is 18.6 Å². The second-order valence-corrected chi connectivity index (χ2v) is 7.32. The van der Waals surface area contributed by atoms with Crippen molar-refractivity contribution in [3.8, 4) is 11.5 Å². The summed E-state index contributed by atoms with van der Waals surface area (Å²) in [5, 5.41) is 5.47. The molecule has 7 heteroatoms. The van der Waals surface area contributed by atoms with Gasteiger partial charge in [0.1, 0.15) is 5.58 Å². The van der Waals surface area contributed by atoms with Crippen molar-refractivity contribution in [3.05, 3.63) is 65.9 Å². The van der Waals surface area contributed by atoms with Gasteiger partial charge < -0.3 is 23.9 Å². The summed E-state index contributed by atoms with van der Waals surface area (Å²) in [6.45, 7) is 3.45. The fraction of sp³-hybridized carbons (Fsp3) is 0.167. The fourth-order valence-electron chi connectivity index (χ4n) is 3.63. The molecule has 0 spiro atoms. The van der Waals surface area contributed by atoms with E-state index in [0.717, 1.165) is 16.2 Å². The van der Waals surface area contributed by atoms with E-state index in [1.165, 1.54) is 6.92 Å². The third-order valence-electron chi connectivity index (χ3n) is 5.31. The predicted octanol–water partition coefficient (Wildman–Crippen LogP) is 4.81. The van der Waals surface area contributed by atoms with Crippen LogP contribution in [0.4, 0.5) is 5.69 Å². The smallest absolute Gasteiger partial charge is 0.375 e. The minimum Gasteiger partial charge on any atom is -0.454 e. The van der Waals surface area contributed by atoms with Gasteiger partial charge in [0, 0.05) is 28.1 Å². The second kappa shape index (κ2) is 7.36. The van der Waals surface area contributed by atoms with Crippen LogP contribution in [0.3, 0.4) is 0 Å². The topological polar surface area (TPSA) is 87.0 Å². The van der Waals surface area contributed by atoms with Crippen molar-refractivity contribution in [2.45, 2.75) is 20.0 Å². The van der Waals surface area contributed by atoms with Crippen LogP contribution in [0.1, 0.15) is 23.0 Å². The van der Waals surface area contributed by atoms with E-state index in [0.29, 0.717) is 28.3 Å². The normalized spacial score (nSPS) is 13.4. The third-order valence-corrected chi connectivity index (χ3v) is 5.31. The number of rotatable bonds is 4. The highest BCUT2D eigenvalue weighted by atomic mass is 16.7. The Balaban J connectivity index is 1.34. The van der Waals surface area contributed by atoms with Gasteiger partial charge in [-0.3, -0.25) is 4.79 Å². The van der Waals surface area contributed by atoms with Crippen LogP contribution in [0.25, 0.3) is 21.7 Å². The first-order valence-corrected chi connectivity index (χ1v) is 9.83. The molecule has 4 aromatic rings. The van der Waals surface area contributed by atoms with Crippen LogP contribution < -0.4 is 14.8 Å². The predicted molar refractivity (Wildman–Crippen MR) is 115 cm³/mol. The van der Waals surface area contributed by atoms with Crippen LogP contribution in [0.2, 0.25) is 0 Å².